The molecule has 2 bridgehead atoms. The summed E-state index contributed by atoms with van der Waals surface area (Å²) in [4.78, 5) is 0. The number of hydrogen-bond acceptors (Lipinski definition) is 2. The topological polar surface area (TPSA) is 34.1 Å². The van der Waals surface area contributed by atoms with Crippen LogP contribution in [0.5, 0.6) is 0 Å². The van der Waals surface area contributed by atoms with E-state index in [4.69, 9.17) is 0 Å². The van der Waals surface area contributed by atoms with Crippen molar-refractivity contribution in [2.24, 2.45) is 0 Å². The van der Waals surface area contributed by atoms with Crippen molar-refractivity contribution in [1.82, 2.24) is 0 Å². The molecule has 2 atom stereocenters. The van der Waals surface area contributed by atoms with E-state index in [0.717, 1.165) is 19.3 Å². The van der Waals surface area contributed by atoms with Crippen LogP contribution in [0.4, 0.5) is 0 Å². The molecule has 0 aliphatic carbocycles. The Morgan fingerprint density at radius 2 is 1.76 bits per heavy atom. The molecule has 108 valence electrons. The first-order valence-corrected chi connectivity index (χ1v) is 9.18. The fourth-order valence-electron chi connectivity index (χ4n) is 3.66. The molecule has 1 fully saturated rings. The number of hydrogen-bond donors (Lipinski definition) is 0. The van der Waals surface area contributed by atoms with Gasteiger partial charge < -0.3 is 0 Å². The summed E-state index contributed by atoms with van der Waals surface area (Å²) in [7, 11) is -2.93. The van der Waals surface area contributed by atoms with Crippen molar-refractivity contribution in [2.75, 3.05) is 0 Å². The van der Waals surface area contributed by atoms with Crippen molar-refractivity contribution in [3.63, 3.8) is 0 Å². The fraction of sp³-hybridized carbons (Fsp3) is 0.333. The maximum Gasteiger partial charge on any atom is 0.159 e. The predicted octanol–water partition coefficient (Wildman–Crippen LogP) is 3.96. The molecule has 3 heteroatoms. The zero-order valence-electron chi connectivity index (χ0n) is 11.8. The average molecular weight is 298 g/mol. The minimum atomic E-state index is -2.93. The SMILES string of the molecule is O=S1(=O)C2C=C(c3ccc4ccccc4c3)CC1CCC2. The van der Waals surface area contributed by atoms with Gasteiger partial charge in [-0.15, -0.1) is 0 Å². The van der Waals surface area contributed by atoms with E-state index in [9.17, 15) is 8.42 Å². The number of allylic oxidation sites excluding steroid dienone is 1. The molecular weight excluding hydrogens is 280 g/mol. The summed E-state index contributed by atoms with van der Waals surface area (Å²) < 4.78 is 24.7. The van der Waals surface area contributed by atoms with Crippen LogP contribution >= 0.6 is 0 Å². The maximum atomic E-state index is 12.3. The average Bonchev–Trinajstić information content (AvgIpc) is 2.45. The van der Waals surface area contributed by atoms with Crippen molar-refractivity contribution < 1.29 is 8.42 Å². The second kappa shape index (κ2) is 4.70. The molecule has 2 aliphatic rings. The molecule has 1 saturated heterocycles. The molecule has 21 heavy (non-hydrogen) atoms. The van der Waals surface area contributed by atoms with Gasteiger partial charge in [-0.25, -0.2) is 8.42 Å². The van der Waals surface area contributed by atoms with Crippen LogP contribution in [-0.4, -0.2) is 18.9 Å². The molecule has 2 nitrogen and oxygen atoms in total. The number of fused-ring (bicyclic) bond motifs is 3. The zero-order valence-corrected chi connectivity index (χ0v) is 12.6. The largest absolute Gasteiger partial charge is 0.228 e. The minimum Gasteiger partial charge on any atom is -0.228 e. The van der Waals surface area contributed by atoms with E-state index in [0.29, 0.717) is 6.42 Å². The normalized spacial score (nSPS) is 27.3. The number of rotatable bonds is 1. The summed E-state index contributed by atoms with van der Waals surface area (Å²) in [6, 6.07) is 14.7. The highest BCUT2D eigenvalue weighted by Gasteiger charge is 2.40. The van der Waals surface area contributed by atoms with E-state index >= 15 is 0 Å². The molecular formula is C18H18O2S. The highest BCUT2D eigenvalue weighted by molar-refractivity contribution is 7.93. The molecule has 0 aromatic heterocycles. The molecule has 2 aromatic carbocycles. The third-order valence-electron chi connectivity index (χ3n) is 4.86. The van der Waals surface area contributed by atoms with E-state index in [-0.39, 0.29) is 10.5 Å². The smallest absolute Gasteiger partial charge is 0.159 e. The van der Waals surface area contributed by atoms with Gasteiger partial charge >= 0.3 is 0 Å². The summed E-state index contributed by atoms with van der Waals surface area (Å²) >= 11 is 0. The second-order valence-electron chi connectivity index (χ2n) is 6.14. The number of sulfone groups is 1. The molecule has 0 amide bonds. The first-order valence-electron chi connectivity index (χ1n) is 7.57. The van der Waals surface area contributed by atoms with Crippen LogP contribution in [0, 0.1) is 0 Å². The third-order valence-corrected chi connectivity index (χ3v) is 7.40. The quantitative estimate of drug-likeness (QED) is 0.798. The van der Waals surface area contributed by atoms with Gasteiger partial charge in [0.2, 0.25) is 0 Å². The molecule has 2 unspecified atom stereocenters. The standard InChI is InChI=1S/C18H18O2S/c19-21(20)17-6-3-7-18(21)12-16(11-17)15-9-8-13-4-1-2-5-14(13)10-15/h1-2,4-5,8-11,17-18H,3,6-7,12H2. The van der Waals surface area contributed by atoms with Crippen molar-refractivity contribution in [1.29, 1.82) is 0 Å². The monoisotopic (exact) mass is 298 g/mol. The lowest BCUT2D eigenvalue weighted by Crippen LogP contribution is -2.38. The Bertz CT molecular complexity index is 833. The summed E-state index contributed by atoms with van der Waals surface area (Å²) in [5.74, 6) is 0. The molecule has 0 radical (unpaired) electrons. The van der Waals surface area contributed by atoms with E-state index in [1.54, 1.807) is 0 Å². The molecule has 4 rings (SSSR count). The van der Waals surface area contributed by atoms with E-state index in [2.05, 4.69) is 30.3 Å². The van der Waals surface area contributed by atoms with Crippen LogP contribution < -0.4 is 0 Å². The summed E-state index contributed by atoms with van der Waals surface area (Å²) in [6.45, 7) is 0. The van der Waals surface area contributed by atoms with E-state index in [1.165, 1.54) is 21.9 Å². The van der Waals surface area contributed by atoms with Gasteiger partial charge in [-0.1, -0.05) is 48.9 Å². The minimum absolute atomic E-state index is 0.164. The molecule has 2 heterocycles. The van der Waals surface area contributed by atoms with Crippen LogP contribution in [0.2, 0.25) is 0 Å². The molecule has 2 aliphatic heterocycles. The Labute approximate surface area is 125 Å². The molecule has 0 saturated carbocycles. The van der Waals surface area contributed by atoms with Gasteiger partial charge in [-0.3, -0.25) is 0 Å². The van der Waals surface area contributed by atoms with Crippen molar-refractivity contribution >= 4 is 26.2 Å². The van der Waals surface area contributed by atoms with Crippen LogP contribution in [0.1, 0.15) is 31.2 Å². The zero-order chi connectivity index (χ0) is 14.4. The highest BCUT2D eigenvalue weighted by atomic mass is 32.2. The fourth-order valence-corrected chi connectivity index (χ4v) is 5.91. The summed E-state index contributed by atoms with van der Waals surface area (Å²) in [5.41, 5.74) is 2.39. The lowest BCUT2D eigenvalue weighted by molar-refractivity contribution is 0.518. The Hall–Kier alpha value is -1.61. The van der Waals surface area contributed by atoms with Gasteiger partial charge in [-0.05, 0) is 47.2 Å². The maximum absolute atomic E-state index is 12.3. The Morgan fingerprint density at radius 3 is 2.57 bits per heavy atom. The Kier molecular flexibility index (Phi) is 2.93. The van der Waals surface area contributed by atoms with Crippen molar-refractivity contribution in [2.45, 2.75) is 36.2 Å². The Morgan fingerprint density at radius 1 is 0.952 bits per heavy atom. The van der Waals surface area contributed by atoms with Crippen LogP contribution in [-0.2, 0) is 9.84 Å². The number of benzene rings is 2. The van der Waals surface area contributed by atoms with Crippen LogP contribution in [0.15, 0.2) is 48.5 Å². The van der Waals surface area contributed by atoms with Gasteiger partial charge in [0.25, 0.3) is 0 Å². The summed E-state index contributed by atoms with van der Waals surface area (Å²) in [5, 5.41) is 2.02. The van der Waals surface area contributed by atoms with Crippen LogP contribution in [0.3, 0.4) is 0 Å². The van der Waals surface area contributed by atoms with Crippen molar-refractivity contribution in [3.8, 4) is 0 Å². The third kappa shape index (κ3) is 2.11. The first-order chi connectivity index (χ1) is 10.1. The van der Waals surface area contributed by atoms with Gasteiger partial charge in [0.1, 0.15) is 0 Å². The van der Waals surface area contributed by atoms with Crippen molar-refractivity contribution in [3.05, 3.63) is 54.1 Å². The lowest BCUT2D eigenvalue weighted by atomic mass is 9.92. The van der Waals surface area contributed by atoms with Gasteiger partial charge in [0.15, 0.2) is 9.84 Å². The highest BCUT2D eigenvalue weighted by Crippen LogP contribution is 2.39. The van der Waals surface area contributed by atoms with Gasteiger partial charge in [0.05, 0.1) is 10.5 Å². The molecule has 0 N–H and O–H groups in total. The van der Waals surface area contributed by atoms with E-state index in [1.807, 2.05) is 18.2 Å². The van der Waals surface area contributed by atoms with Crippen LogP contribution in [0.25, 0.3) is 16.3 Å². The van der Waals surface area contributed by atoms with Gasteiger partial charge in [-0.2, -0.15) is 0 Å². The first kappa shape index (κ1) is 13.1. The van der Waals surface area contributed by atoms with Gasteiger partial charge in [0, 0.05) is 0 Å². The predicted molar refractivity (Wildman–Crippen MR) is 86.9 cm³/mol. The lowest BCUT2D eigenvalue weighted by Gasteiger charge is -2.33. The molecule has 0 spiro atoms. The molecule has 2 aromatic rings. The summed E-state index contributed by atoms with van der Waals surface area (Å²) in [6.07, 6.45) is 5.34. The Balaban J connectivity index is 1.80. The second-order valence-corrected chi connectivity index (χ2v) is 8.59. The van der Waals surface area contributed by atoms with E-state index < -0.39 is 9.84 Å².